The minimum Gasteiger partial charge on any atom is -0.342 e. The molecule has 1 fully saturated rings. The van der Waals surface area contributed by atoms with Crippen LogP contribution in [0.4, 0.5) is 0 Å². The summed E-state index contributed by atoms with van der Waals surface area (Å²) in [5.74, 6) is 5.18. The summed E-state index contributed by atoms with van der Waals surface area (Å²) in [6.07, 6.45) is 0. The standard InChI is InChI=1S/C15H13ClO2/c1-2-6-12-13(11-7-4-3-5-8-11)14(16)15(12)17-9-10-18-15/h3-5,7-8,12H,9-10H2,1H3. The summed E-state index contributed by atoms with van der Waals surface area (Å²) in [4.78, 5) is 0. The number of ether oxygens (including phenoxy) is 2. The molecule has 0 amide bonds. The number of benzene rings is 1. The van der Waals surface area contributed by atoms with E-state index in [9.17, 15) is 0 Å². The van der Waals surface area contributed by atoms with Crippen LogP contribution in [0.2, 0.25) is 0 Å². The molecule has 0 saturated carbocycles. The molecule has 2 nitrogen and oxygen atoms in total. The SMILES string of the molecule is CC#CC1C(c2ccccc2)=C(Cl)C12OCCO2. The van der Waals surface area contributed by atoms with Crippen molar-refractivity contribution in [3.05, 3.63) is 40.9 Å². The van der Waals surface area contributed by atoms with Crippen molar-refractivity contribution < 1.29 is 9.47 Å². The molecule has 0 aromatic heterocycles. The van der Waals surface area contributed by atoms with E-state index in [1.807, 2.05) is 37.3 Å². The summed E-state index contributed by atoms with van der Waals surface area (Å²) in [5.41, 5.74) is 2.11. The normalized spacial score (nSPS) is 24.7. The zero-order chi connectivity index (χ0) is 12.6. The second kappa shape index (κ2) is 4.44. The van der Waals surface area contributed by atoms with Crippen molar-refractivity contribution in [2.45, 2.75) is 12.7 Å². The van der Waals surface area contributed by atoms with Gasteiger partial charge in [-0.25, -0.2) is 0 Å². The Labute approximate surface area is 112 Å². The van der Waals surface area contributed by atoms with Crippen LogP contribution in [0.5, 0.6) is 0 Å². The van der Waals surface area contributed by atoms with E-state index in [0.29, 0.717) is 18.2 Å². The largest absolute Gasteiger partial charge is 0.342 e. The van der Waals surface area contributed by atoms with Gasteiger partial charge in [0.15, 0.2) is 0 Å². The van der Waals surface area contributed by atoms with Crippen molar-refractivity contribution in [3.8, 4) is 11.8 Å². The fourth-order valence-electron chi connectivity index (χ4n) is 2.50. The molecule has 1 unspecified atom stereocenters. The van der Waals surface area contributed by atoms with Gasteiger partial charge < -0.3 is 9.47 Å². The lowest BCUT2D eigenvalue weighted by Crippen LogP contribution is -2.48. The molecular weight excluding hydrogens is 248 g/mol. The number of halogens is 1. The molecule has 1 atom stereocenters. The quantitative estimate of drug-likeness (QED) is 0.723. The highest BCUT2D eigenvalue weighted by Gasteiger charge is 2.58. The smallest absolute Gasteiger partial charge is 0.224 e. The van der Waals surface area contributed by atoms with Gasteiger partial charge >= 0.3 is 0 Å². The average molecular weight is 261 g/mol. The Kier molecular flexibility index (Phi) is 2.91. The van der Waals surface area contributed by atoms with E-state index in [1.165, 1.54) is 0 Å². The topological polar surface area (TPSA) is 18.5 Å². The van der Waals surface area contributed by atoms with Crippen LogP contribution in [0.3, 0.4) is 0 Å². The Balaban J connectivity index is 2.07. The molecule has 0 N–H and O–H groups in total. The summed E-state index contributed by atoms with van der Waals surface area (Å²) in [7, 11) is 0. The molecule has 3 heteroatoms. The first kappa shape index (κ1) is 11.8. The predicted molar refractivity (Wildman–Crippen MR) is 70.8 cm³/mol. The minimum absolute atomic E-state index is 0.0973. The Morgan fingerprint density at radius 2 is 1.89 bits per heavy atom. The number of hydrogen-bond acceptors (Lipinski definition) is 2. The Morgan fingerprint density at radius 3 is 2.50 bits per heavy atom. The third-order valence-electron chi connectivity index (χ3n) is 3.30. The van der Waals surface area contributed by atoms with Crippen LogP contribution in [0.1, 0.15) is 12.5 Å². The van der Waals surface area contributed by atoms with Gasteiger partial charge in [0.25, 0.3) is 0 Å². The highest BCUT2D eigenvalue weighted by molar-refractivity contribution is 6.35. The first-order valence-corrected chi connectivity index (χ1v) is 6.33. The van der Waals surface area contributed by atoms with Crippen molar-refractivity contribution in [2.75, 3.05) is 13.2 Å². The van der Waals surface area contributed by atoms with Crippen LogP contribution in [0.15, 0.2) is 35.4 Å². The van der Waals surface area contributed by atoms with Crippen LogP contribution in [0, 0.1) is 17.8 Å². The van der Waals surface area contributed by atoms with Crippen LogP contribution >= 0.6 is 11.6 Å². The van der Waals surface area contributed by atoms with E-state index in [4.69, 9.17) is 21.1 Å². The molecule has 92 valence electrons. The van der Waals surface area contributed by atoms with Crippen LogP contribution in [-0.4, -0.2) is 19.0 Å². The molecular formula is C15H13ClO2. The molecule has 1 aliphatic carbocycles. The van der Waals surface area contributed by atoms with Crippen molar-refractivity contribution in [3.63, 3.8) is 0 Å². The molecule has 1 heterocycles. The highest BCUT2D eigenvalue weighted by atomic mass is 35.5. The van der Waals surface area contributed by atoms with Gasteiger partial charge in [0.05, 0.1) is 18.2 Å². The summed E-state index contributed by atoms with van der Waals surface area (Å²) in [6, 6.07) is 10.0. The summed E-state index contributed by atoms with van der Waals surface area (Å²) in [5, 5.41) is 0.638. The molecule has 3 rings (SSSR count). The molecule has 1 aromatic rings. The first-order chi connectivity index (χ1) is 8.79. The zero-order valence-electron chi connectivity index (χ0n) is 10.1. The molecule has 1 saturated heterocycles. The van der Waals surface area contributed by atoms with E-state index in [2.05, 4.69) is 11.8 Å². The lowest BCUT2D eigenvalue weighted by Gasteiger charge is -2.43. The zero-order valence-corrected chi connectivity index (χ0v) is 10.8. The minimum atomic E-state index is -0.810. The van der Waals surface area contributed by atoms with Crippen LogP contribution in [-0.2, 0) is 9.47 Å². The van der Waals surface area contributed by atoms with E-state index >= 15 is 0 Å². The van der Waals surface area contributed by atoms with Gasteiger partial charge in [0, 0.05) is 5.57 Å². The van der Waals surface area contributed by atoms with Gasteiger partial charge in [0.1, 0.15) is 5.92 Å². The van der Waals surface area contributed by atoms with Crippen LogP contribution in [0.25, 0.3) is 5.57 Å². The predicted octanol–water partition coefficient (Wildman–Crippen LogP) is 3.03. The summed E-state index contributed by atoms with van der Waals surface area (Å²) >= 11 is 6.40. The number of hydrogen-bond donors (Lipinski definition) is 0. The first-order valence-electron chi connectivity index (χ1n) is 5.95. The van der Waals surface area contributed by atoms with Gasteiger partial charge in [-0.1, -0.05) is 47.9 Å². The van der Waals surface area contributed by atoms with Crippen molar-refractivity contribution in [2.24, 2.45) is 5.92 Å². The summed E-state index contributed by atoms with van der Waals surface area (Å²) in [6.45, 7) is 2.96. The molecule has 1 spiro atoms. The maximum absolute atomic E-state index is 6.40. The second-order valence-corrected chi connectivity index (χ2v) is 4.66. The highest BCUT2D eigenvalue weighted by Crippen LogP contribution is 2.55. The molecule has 0 bridgehead atoms. The average Bonchev–Trinajstić information content (AvgIpc) is 2.91. The maximum atomic E-state index is 6.40. The van der Waals surface area contributed by atoms with Crippen molar-refractivity contribution >= 4 is 17.2 Å². The van der Waals surface area contributed by atoms with Gasteiger partial charge in [0.2, 0.25) is 5.79 Å². The number of rotatable bonds is 1. The maximum Gasteiger partial charge on any atom is 0.224 e. The van der Waals surface area contributed by atoms with Crippen molar-refractivity contribution in [1.29, 1.82) is 0 Å². The van der Waals surface area contributed by atoms with E-state index in [0.717, 1.165) is 11.1 Å². The van der Waals surface area contributed by atoms with E-state index < -0.39 is 5.79 Å². The molecule has 2 aliphatic rings. The molecule has 1 aliphatic heterocycles. The van der Waals surface area contributed by atoms with E-state index in [1.54, 1.807) is 0 Å². The lowest BCUT2D eigenvalue weighted by molar-refractivity contribution is -0.146. The molecule has 1 aromatic carbocycles. The Morgan fingerprint density at radius 1 is 1.22 bits per heavy atom. The molecule has 18 heavy (non-hydrogen) atoms. The van der Waals surface area contributed by atoms with Gasteiger partial charge in [-0.15, -0.1) is 5.92 Å². The molecule has 0 radical (unpaired) electrons. The third-order valence-corrected chi connectivity index (χ3v) is 3.77. The second-order valence-electron chi connectivity index (χ2n) is 4.29. The van der Waals surface area contributed by atoms with Gasteiger partial charge in [-0.2, -0.15) is 0 Å². The lowest BCUT2D eigenvalue weighted by atomic mass is 9.75. The Bertz CT molecular complexity index is 545. The van der Waals surface area contributed by atoms with Gasteiger partial charge in [-0.05, 0) is 12.5 Å². The third kappa shape index (κ3) is 1.52. The Hall–Kier alpha value is -1.27. The monoisotopic (exact) mass is 260 g/mol. The van der Waals surface area contributed by atoms with E-state index in [-0.39, 0.29) is 5.92 Å². The van der Waals surface area contributed by atoms with Gasteiger partial charge in [-0.3, -0.25) is 0 Å². The fraction of sp³-hybridized carbons (Fsp3) is 0.333. The summed E-state index contributed by atoms with van der Waals surface area (Å²) < 4.78 is 11.4. The van der Waals surface area contributed by atoms with Crippen LogP contribution < -0.4 is 0 Å². The fourth-order valence-corrected chi connectivity index (χ4v) is 2.93. The van der Waals surface area contributed by atoms with Crippen molar-refractivity contribution in [1.82, 2.24) is 0 Å².